The minimum Gasteiger partial charge on any atom is -0.618 e. The fourth-order valence-corrected chi connectivity index (χ4v) is 2.25. The van der Waals surface area contributed by atoms with Crippen molar-refractivity contribution in [3.63, 3.8) is 0 Å². The van der Waals surface area contributed by atoms with E-state index in [2.05, 4.69) is 0 Å². The van der Waals surface area contributed by atoms with Gasteiger partial charge in [0.15, 0.2) is 0 Å². The van der Waals surface area contributed by atoms with Crippen molar-refractivity contribution in [1.29, 1.82) is 0 Å². The molecule has 3 nitrogen and oxygen atoms in total. The first-order chi connectivity index (χ1) is 9.08. The summed E-state index contributed by atoms with van der Waals surface area (Å²) in [6.45, 7) is 1.88. The molecule has 1 aliphatic heterocycles. The Hall–Kier alpha value is -2.49. The van der Waals surface area contributed by atoms with E-state index >= 15 is 0 Å². The highest BCUT2D eigenvalue weighted by atomic mass is 19.1. The third-order valence-electron chi connectivity index (χ3n) is 3.13. The molecule has 0 atom stereocenters. The van der Waals surface area contributed by atoms with Gasteiger partial charge in [-0.1, -0.05) is 17.7 Å². The largest absolute Gasteiger partial charge is 0.618 e. The predicted octanol–water partition coefficient (Wildman–Crippen LogP) is 2.96. The molecule has 0 aliphatic carbocycles. The maximum absolute atomic E-state index is 13.2. The topological polar surface area (TPSA) is 43.1 Å². The number of hydrogen-bond donors (Lipinski definition) is 0. The molecule has 94 valence electrons. The van der Waals surface area contributed by atoms with E-state index in [0.717, 1.165) is 11.6 Å². The molecule has 19 heavy (non-hydrogen) atoms. The Morgan fingerprint density at radius 1 is 1.16 bits per heavy atom. The molecule has 0 fully saturated rings. The van der Waals surface area contributed by atoms with Gasteiger partial charge in [0.25, 0.3) is 11.5 Å². The zero-order valence-corrected chi connectivity index (χ0v) is 10.2. The van der Waals surface area contributed by atoms with Crippen LogP contribution in [0.5, 0.6) is 0 Å². The van der Waals surface area contributed by atoms with Gasteiger partial charge in [-0.3, -0.25) is 4.79 Å². The predicted molar refractivity (Wildman–Crippen MR) is 69.3 cm³/mol. The summed E-state index contributed by atoms with van der Waals surface area (Å²) in [5.74, 6) is -0.895. The molecule has 0 bridgehead atoms. The van der Waals surface area contributed by atoms with Gasteiger partial charge in [0.05, 0.1) is 5.56 Å². The van der Waals surface area contributed by atoms with Crippen molar-refractivity contribution in [2.24, 2.45) is 0 Å². The smallest absolute Gasteiger partial charge is 0.272 e. The van der Waals surface area contributed by atoms with E-state index in [1.165, 1.54) is 12.1 Å². The van der Waals surface area contributed by atoms with Crippen molar-refractivity contribution in [2.75, 3.05) is 0 Å². The third kappa shape index (κ3) is 1.73. The van der Waals surface area contributed by atoms with Crippen LogP contribution in [0.15, 0.2) is 42.5 Å². The van der Waals surface area contributed by atoms with Gasteiger partial charge in [0.1, 0.15) is 11.4 Å². The lowest BCUT2D eigenvalue weighted by atomic mass is 10.0. The molecule has 4 heteroatoms. The molecule has 0 spiro atoms. The van der Waals surface area contributed by atoms with Gasteiger partial charge in [-0.05, 0) is 31.2 Å². The number of carbonyl (C=O) groups excluding carboxylic acids is 1. The van der Waals surface area contributed by atoms with Gasteiger partial charge < -0.3 is 5.21 Å². The van der Waals surface area contributed by atoms with Crippen molar-refractivity contribution in [3.8, 4) is 0 Å². The lowest BCUT2D eigenvalue weighted by molar-refractivity contribution is -0.355. The zero-order valence-electron chi connectivity index (χ0n) is 10.2. The monoisotopic (exact) mass is 255 g/mol. The first-order valence-electron chi connectivity index (χ1n) is 5.83. The maximum atomic E-state index is 13.2. The summed E-state index contributed by atoms with van der Waals surface area (Å²) in [4.78, 5) is 12.2. The van der Waals surface area contributed by atoms with Crippen LogP contribution in [0.1, 0.15) is 21.5 Å². The van der Waals surface area contributed by atoms with Crippen LogP contribution in [0, 0.1) is 17.9 Å². The SMILES string of the molecule is Cc1cccc(C2=[N+]([O-])c3cc(F)ccc3C2=O)c1. The van der Waals surface area contributed by atoms with Crippen LogP contribution >= 0.6 is 0 Å². The molecule has 2 aromatic rings. The molecule has 1 aliphatic rings. The Morgan fingerprint density at radius 3 is 2.68 bits per heavy atom. The Labute approximate surface area is 109 Å². The molecule has 0 unspecified atom stereocenters. The van der Waals surface area contributed by atoms with E-state index in [0.29, 0.717) is 10.3 Å². The van der Waals surface area contributed by atoms with Gasteiger partial charge in [-0.2, -0.15) is 4.74 Å². The maximum Gasteiger partial charge on any atom is 0.272 e. The van der Waals surface area contributed by atoms with Crippen LogP contribution in [0.4, 0.5) is 10.1 Å². The van der Waals surface area contributed by atoms with Gasteiger partial charge in [0.2, 0.25) is 5.69 Å². The standard InChI is InChI=1S/C15H10FNO2/c1-9-3-2-4-10(7-9)14-15(18)12-6-5-11(16)8-13(12)17(14)19/h2-8H,1H3. The molecule has 0 radical (unpaired) electrons. The Balaban J connectivity index is 2.22. The Morgan fingerprint density at radius 2 is 1.95 bits per heavy atom. The summed E-state index contributed by atoms with van der Waals surface area (Å²) in [6.07, 6.45) is 0. The summed E-state index contributed by atoms with van der Waals surface area (Å²) in [7, 11) is 0. The zero-order chi connectivity index (χ0) is 13.6. The highest BCUT2D eigenvalue weighted by Crippen LogP contribution is 2.28. The van der Waals surface area contributed by atoms with Crippen LogP contribution in [0.25, 0.3) is 0 Å². The van der Waals surface area contributed by atoms with Crippen molar-refractivity contribution >= 4 is 17.2 Å². The number of nitrogens with zero attached hydrogens (tertiary/aromatic N) is 1. The van der Waals surface area contributed by atoms with Crippen LogP contribution in [-0.2, 0) is 0 Å². The highest BCUT2D eigenvalue weighted by molar-refractivity contribution is 6.52. The summed E-state index contributed by atoms with van der Waals surface area (Å²) < 4.78 is 13.7. The summed E-state index contributed by atoms with van der Waals surface area (Å²) >= 11 is 0. The number of rotatable bonds is 1. The summed E-state index contributed by atoms with van der Waals surface area (Å²) in [6, 6.07) is 10.7. The molecular weight excluding hydrogens is 245 g/mol. The average Bonchev–Trinajstić information content (AvgIpc) is 2.61. The van der Waals surface area contributed by atoms with E-state index in [1.54, 1.807) is 18.2 Å². The molecule has 0 saturated heterocycles. The van der Waals surface area contributed by atoms with Crippen LogP contribution in [0.2, 0.25) is 0 Å². The van der Waals surface area contributed by atoms with E-state index in [1.807, 2.05) is 13.0 Å². The minimum atomic E-state index is -0.530. The first-order valence-corrected chi connectivity index (χ1v) is 5.83. The Kier molecular flexibility index (Phi) is 2.45. The number of ketones is 1. The lowest BCUT2D eigenvalue weighted by Crippen LogP contribution is -2.16. The number of benzene rings is 2. The Bertz CT molecular complexity index is 735. The second kappa shape index (κ2) is 4.02. The fourth-order valence-electron chi connectivity index (χ4n) is 2.25. The van der Waals surface area contributed by atoms with E-state index in [-0.39, 0.29) is 22.7 Å². The third-order valence-corrected chi connectivity index (χ3v) is 3.13. The second-order valence-electron chi connectivity index (χ2n) is 4.50. The number of fused-ring (bicyclic) bond motifs is 1. The van der Waals surface area contributed by atoms with E-state index in [4.69, 9.17) is 0 Å². The van der Waals surface area contributed by atoms with E-state index in [9.17, 15) is 14.4 Å². The fraction of sp³-hybridized carbons (Fsp3) is 0.0667. The molecule has 0 saturated carbocycles. The van der Waals surface area contributed by atoms with Crippen molar-refractivity contribution < 1.29 is 13.9 Å². The molecular formula is C15H10FNO2. The molecule has 1 heterocycles. The second-order valence-corrected chi connectivity index (χ2v) is 4.50. The molecule has 0 amide bonds. The number of hydrogen-bond acceptors (Lipinski definition) is 2. The number of carbonyl (C=O) groups is 1. The lowest BCUT2D eigenvalue weighted by Gasteiger charge is -2.02. The average molecular weight is 255 g/mol. The van der Waals surface area contributed by atoms with E-state index < -0.39 is 5.82 Å². The van der Waals surface area contributed by atoms with Crippen molar-refractivity contribution in [3.05, 3.63) is 70.2 Å². The van der Waals surface area contributed by atoms with Gasteiger partial charge >= 0.3 is 0 Å². The quantitative estimate of drug-likeness (QED) is 0.580. The van der Waals surface area contributed by atoms with Crippen LogP contribution < -0.4 is 0 Å². The van der Waals surface area contributed by atoms with Crippen molar-refractivity contribution in [1.82, 2.24) is 0 Å². The molecule has 2 aromatic carbocycles. The number of halogens is 1. The molecule has 3 rings (SSSR count). The summed E-state index contributed by atoms with van der Waals surface area (Å²) in [5.41, 5.74) is 1.86. The highest BCUT2D eigenvalue weighted by Gasteiger charge is 2.36. The summed E-state index contributed by atoms with van der Waals surface area (Å²) in [5, 5.41) is 12.2. The molecule has 0 N–H and O–H groups in total. The van der Waals surface area contributed by atoms with Crippen molar-refractivity contribution in [2.45, 2.75) is 6.92 Å². The van der Waals surface area contributed by atoms with Crippen LogP contribution in [-0.4, -0.2) is 16.2 Å². The van der Waals surface area contributed by atoms with Crippen LogP contribution in [0.3, 0.4) is 0 Å². The number of Topliss-reactive ketones (excluding diaryl/α,β-unsaturated/α-hetero) is 1. The van der Waals surface area contributed by atoms with Gasteiger partial charge in [-0.25, -0.2) is 4.39 Å². The van der Waals surface area contributed by atoms with Gasteiger partial charge in [0, 0.05) is 6.07 Å². The molecule has 0 aromatic heterocycles. The van der Waals surface area contributed by atoms with Gasteiger partial charge in [-0.15, -0.1) is 0 Å². The normalized spacial score (nSPS) is 13.9. The minimum absolute atomic E-state index is 0.0456. The number of aryl methyl sites for hydroxylation is 1. The first kappa shape index (κ1) is 11.6.